The maximum absolute atomic E-state index is 13.6. The summed E-state index contributed by atoms with van der Waals surface area (Å²) in [5.74, 6) is 0.0268. The molecule has 1 N–H and O–H groups in total. The minimum Gasteiger partial charge on any atom is -0.309 e. The highest BCUT2D eigenvalue weighted by Crippen LogP contribution is 2.31. The number of nitrogens with zero attached hydrogens (tertiary/aromatic N) is 2. The summed E-state index contributed by atoms with van der Waals surface area (Å²) in [6.07, 6.45) is -3.02. The Morgan fingerprint density at radius 2 is 2.04 bits per heavy atom. The Hall–Kier alpha value is -1.57. The van der Waals surface area contributed by atoms with E-state index in [2.05, 4.69) is 9.97 Å². The zero-order chi connectivity index (χ0) is 19.8. The van der Waals surface area contributed by atoms with E-state index in [4.69, 9.17) is 23.2 Å². The summed E-state index contributed by atoms with van der Waals surface area (Å²) in [6.45, 7) is 2.97. The summed E-state index contributed by atoms with van der Waals surface area (Å²) in [5.41, 5.74) is -1.92. The Kier molecular flexibility index (Phi) is 5.84. The van der Waals surface area contributed by atoms with Crippen LogP contribution in [0.25, 0.3) is 0 Å². The molecule has 146 valence electrons. The predicted octanol–water partition coefficient (Wildman–Crippen LogP) is 4.67. The molecule has 1 aromatic carbocycles. The molecule has 27 heavy (non-hydrogen) atoms. The van der Waals surface area contributed by atoms with Crippen molar-refractivity contribution in [2.24, 2.45) is 0 Å². The largest absolute Gasteiger partial charge is 0.433 e. The van der Waals surface area contributed by atoms with E-state index in [0.29, 0.717) is 10.6 Å². The van der Waals surface area contributed by atoms with Gasteiger partial charge in [0.15, 0.2) is 5.69 Å². The molecular weight excluding hydrogens is 402 g/mol. The van der Waals surface area contributed by atoms with E-state index < -0.39 is 23.0 Å². The van der Waals surface area contributed by atoms with Gasteiger partial charge >= 0.3 is 6.18 Å². The first kappa shape index (κ1) is 20.2. The van der Waals surface area contributed by atoms with E-state index in [9.17, 15) is 18.0 Å². The Balaban J connectivity index is 1.97. The molecule has 1 saturated heterocycles. The summed E-state index contributed by atoms with van der Waals surface area (Å²) in [5, 5.41) is 0.505. The van der Waals surface area contributed by atoms with Gasteiger partial charge in [-0.3, -0.25) is 9.69 Å². The van der Waals surface area contributed by atoms with Gasteiger partial charge in [0.05, 0.1) is 22.2 Å². The molecule has 0 aliphatic carbocycles. The molecule has 0 amide bonds. The van der Waals surface area contributed by atoms with Crippen molar-refractivity contribution >= 4 is 23.2 Å². The molecule has 0 saturated carbocycles. The van der Waals surface area contributed by atoms with Crippen LogP contribution in [0.1, 0.15) is 42.4 Å². The first-order valence-corrected chi connectivity index (χ1v) is 9.28. The second kappa shape index (κ2) is 7.81. The van der Waals surface area contributed by atoms with Crippen LogP contribution in [0.4, 0.5) is 13.2 Å². The molecule has 0 spiro atoms. The van der Waals surface area contributed by atoms with Gasteiger partial charge in [-0.25, -0.2) is 4.98 Å². The average molecular weight is 420 g/mol. The van der Waals surface area contributed by atoms with E-state index in [0.717, 1.165) is 19.4 Å². The van der Waals surface area contributed by atoms with Crippen LogP contribution in [0.5, 0.6) is 0 Å². The van der Waals surface area contributed by atoms with Crippen LogP contribution in [-0.4, -0.2) is 27.5 Å². The second-order valence-electron chi connectivity index (χ2n) is 6.72. The van der Waals surface area contributed by atoms with Gasteiger partial charge < -0.3 is 4.98 Å². The number of halogens is 5. The van der Waals surface area contributed by atoms with Gasteiger partial charge in [-0.15, -0.1) is 0 Å². The van der Waals surface area contributed by atoms with Crippen molar-refractivity contribution < 1.29 is 13.2 Å². The zero-order valence-electron chi connectivity index (χ0n) is 14.5. The van der Waals surface area contributed by atoms with Crippen molar-refractivity contribution in [3.63, 3.8) is 0 Å². The summed E-state index contributed by atoms with van der Waals surface area (Å²) in [6, 6.07) is 4.72. The SMILES string of the molecule is CC1CCCN1Cc1nc(C(F)(F)F)c(Cc2ccc(Cl)c(Cl)c2)c(=O)[nH]1. The van der Waals surface area contributed by atoms with Gasteiger partial charge in [-0.2, -0.15) is 13.2 Å². The fourth-order valence-corrected chi connectivity index (χ4v) is 3.61. The van der Waals surface area contributed by atoms with Gasteiger partial charge in [-0.1, -0.05) is 29.3 Å². The number of hydrogen-bond acceptors (Lipinski definition) is 3. The quantitative estimate of drug-likeness (QED) is 0.782. The molecule has 1 aromatic heterocycles. The van der Waals surface area contributed by atoms with Gasteiger partial charge in [0.1, 0.15) is 5.82 Å². The number of aromatic amines is 1. The maximum atomic E-state index is 13.6. The molecule has 1 atom stereocenters. The third kappa shape index (κ3) is 4.65. The van der Waals surface area contributed by atoms with Crippen LogP contribution >= 0.6 is 23.2 Å². The van der Waals surface area contributed by atoms with Crippen molar-refractivity contribution in [3.05, 3.63) is 61.2 Å². The minimum absolute atomic E-state index is 0.0268. The van der Waals surface area contributed by atoms with Crippen LogP contribution in [-0.2, 0) is 19.1 Å². The highest BCUT2D eigenvalue weighted by Gasteiger charge is 2.37. The number of hydrogen-bond donors (Lipinski definition) is 1. The molecule has 9 heteroatoms. The van der Waals surface area contributed by atoms with Crippen molar-refractivity contribution in [2.75, 3.05) is 6.54 Å². The summed E-state index contributed by atoms with van der Waals surface area (Å²) < 4.78 is 40.7. The van der Waals surface area contributed by atoms with Gasteiger partial charge in [0.25, 0.3) is 5.56 Å². The third-order valence-corrected chi connectivity index (χ3v) is 5.48. The van der Waals surface area contributed by atoms with Gasteiger partial charge in [0, 0.05) is 12.5 Å². The number of rotatable bonds is 4. The predicted molar refractivity (Wildman–Crippen MR) is 98.2 cm³/mol. The molecule has 1 aliphatic rings. The number of aromatic nitrogens is 2. The monoisotopic (exact) mass is 419 g/mol. The summed E-state index contributed by atoms with van der Waals surface area (Å²) in [7, 11) is 0. The third-order valence-electron chi connectivity index (χ3n) is 4.74. The van der Waals surface area contributed by atoms with Gasteiger partial charge in [0.2, 0.25) is 0 Å². The number of likely N-dealkylation sites (tertiary alicyclic amines) is 1. The second-order valence-corrected chi connectivity index (χ2v) is 7.54. The van der Waals surface area contributed by atoms with E-state index in [1.54, 1.807) is 0 Å². The summed E-state index contributed by atoms with van der Waals surface area (Å²) in [4.78, 5) is 20.7. The lowest BCUT2D eigenvalue weighted by Gasteiger charge is -2.21. The van der Waals surface area contributed by atoms with Crippen molar-refractivity contribution in [2.45, 2.75) is 44.9 Å². The lowest BCUT2D eigenvalue weighted by molar-refractivity contribution is -0.142. The van der Waals surface area contributed by atoms with Crippen LogP contribution in [0.2, 0.25) is 10.0 Å². The molecule has 1 fully saturated rings. The maximum Gasteiger partial charge on any atom is 0.433 e. The van der Waals surface area contributed by atoms with E-state index >= 15 is 0 Å². The molecule has 0 bridgehead atoms. The van der Waals surface area contributed by atoms with E-state index in [1.807, 2.05) is 11.8 Å². The number of alkyl halides is 3. The fourth-order valence-electron chi connectivity index (χ4n) is 3.29. The van der Waals surface area contributed by atoms with Crippen molar-refractivity contribution in [1.29, 1.82) is 0 Å². The smallest absolute Gasteiger partial charge is 0.309 e. The van der Waals surface area contributed by atoms with E-state index in [1.165, 1.54) is 18.2 Å². The molecule has 1 unspecified atom stereocenters. The highest BCUT2D eigenvalue weighted by molar-refractivity contribution is 6.42. The first-order chi connectivity index (χ1) is 12.6. The lowest BCUT2D eigenvalue weighted by atomic mass is 10.0. The Morgan fingerprint density at radius 3 is 2.63 bits per heavy atom. The van der Waals surface area contributed by atoms with Gasteiger partial charge in [-0.05, 0) is 44.0 Å². The molecule has 2 aromatic rings. The molecular formula is C18H18Cl2F3N3O. The number of nitrogens with one attached hydrogen (secondary N) is 1. The topological polar surface area (TPSA) is 49.0 Å². The first-order valence-electron chi connectivity index (χ1n) is 8.52. The standard InChI is InChI=1S/C18H18Cl2F3N3O/c1-10-3-2-6-26(10)9-15-24-16(18(21,22)23)12(17(27)25-15)7-11-4-5-13(19)14(20)8-11/h4-5,8,10H,2-3,6-7,9H2,1H3,(H,24,25,27). The fraction of sp³-hybridized carbons (Fsp3) is 0.444. The average Bonchev–Trinajstić information content (AvgIpc) is 2.97. The Labute approximate surface area is 164 Å². The number of H-pyrrole nitrogens is 1. The molecule has 2 heterocycles. The molecule has 4 nitrogen and oxygen atoms in total. The lowest BCUT2D eigenvalue weighted by Crippen LogP contribution is -2.31. The van der Waals surface area contributed by atoms with Crippen LogP contribution in [0, 0.1) is 0 Å². The molecule has 0 radical (unpaired) electrons. The Bertz CT molecular complexity index is 898. The van der Waals surface area contributed by atoms with Crippen LogP contribution in [0.3, 0.4) is 0 Å². The molecule has 1 aliphatic heterocycles. The highest BCUT2D eigenvalue weighted by atomic mass is 35.5. The molecule has 3 rings (SSSR count). The van der Waals surface area contributed by atoms with Crippen LogP contribution < -0.4 is 5.56 Å². The van der Waals surface area contributed by atoms with Crippen molar-refractivity contribution in [1.82, 2.24) is 14.9 Å². The zero-order valence-corrected chi connectivity index (χ0v) is 16.0. The van der Waals surface area contributed by atoms with E-state index in [-0.39, 0.29) is 29.9 Å². The van der Waals surface area contributed by atoms with Crippen LogP contribution in [0.15, 0.2) is 23.0 Å². The minimum atomic E-state index is -4.73. The van der Waals surface area contributed by atoms with Crippen molar-refractivity contribution in [3.8, 4) is 0 Å². The number of benzene rings is 1. The normalized spacial score (nSPS) is 18.2. The summed E-state index contributed by atoms with van der Waals surface area (Å²) >= 11 is 11.8. The Morgan fingerprint density at radius 1 is 1.30 bits per heavy atom.